The zero-order valence-corrected chi connectivity index (χ0v) is 21.5. The number of hydrogen-bond acceptors (Lipinski definition) is 4. The minimum Gasteiger partial charge on any atom is -0.355 e. The van der Waals surface area contributed by atoms with Crippen LogP contribution in [0.15, 0.2) is 66.9 Å². The Morgan fingerprint density at radius 2 is 1.58 bits per heavy atom. The second kappa shape index (κ2) is 9.38. The molecule has 2 unspecified atom stereocenters. The van der Waals surface area contributed by atoms with Crippen LogP contribution in [0.25, 0.3) is 22.2 Å². The number of rotatable bonds is 3. The second-order valence-corrected chi connectivity index (χ2v) is 10.8. The number of anilines is 1. The number of nitrogens with zero attached hydrogens (tertiary/aromatic N) is 4. The topological polar surface area (TPSA) is 49.3 Å². The fraction of sp³-hybridized carbons (Fsp3) is 0.276. The fourth-order valence-electron chi connectivity index (χ4n) is 5.66. The number of fused-ring (bicyclic) bond motifs is 3. The third-order valence-electron chi connectivity index (χ3n) is 7.25. The number of piperidine rings is 2. The first-order valence-corrected chi connectivity index (χ1v) is 13.0. The number of aromatic nitrogens is 2. The maximum Gasteiger partial charge on any atom is 0.254 e. The molecule has 2 atom stereocenters. The number of likely N-dealkylation sites (tertiary alicyclic amines) is 1. The van der Waals surface area contributed by atoms with E-state index in [1.165, 1.54) is 0 Å². The summed E-state index contributed by atoms with van der Waals surface area (Å²) in [6, 6.07) is 19.9. The van der Waals surface area contributed by atoms with E-state index in [2.05, 4.69) is 39.0 Å². The molecule has 2 aliphatic heterocycles. The lowest BCUT2D eigenvalue weighted by molar-refractivity contribution is 0.0565. The van der Waals surface area contributed by atoms with Crippen LogP contribution in [0.2, 0.25) is 10.0 Å². The molecule has 2 fully saturated rings. The van der Waals surface area contributed by atoms with Gasteiger partial charge >= 0.3 is 0 Å². The van der Waals surface area contributed by atoms with Crippen molar-refractivity contribution in [1.82, 2.24) is 14.9 Å². The Morgan fingerprint density at radius 3 is 2.31 bits per heavy atom. The van der Waals surface area contributed by atoms with E-state index in [0.717, 1.165) is 71.7 Å². The van der Waals surface area contributed by atoms with Gasteiger partial charge in [0.2, 0.25) is 0 Å². The average Bonchev–Trinajstić information content (AvgIpc) is 2.88. The summed E-state index contributed by atoms with van der Waals surface area (Å²) in [7, 11) is 0. The van der Waals surface area contributed by atoms with E-state index in [-0.39, 0.29) is 5.91 Å². The molecule has 3 aromatic carbocycles. The average molecular weight is 517 g/mol. The summed E-state index contributed by atoms with van der Waals surface area (Å²) in [5.74, 6) is 1.74. The van der Waals surface area contributed by atoms with Crippen LogP contribution in [0.1, 0.15) is 22.3 Å². The van der Waals surface area contributed by atoms with Gasteiger partial charge in [0.05, 0.1) is 27.3 Å². The van der Waals surface area contributed by atoms with E-state index in [4.69, 9.17) is 28.2 Å². The van der Waals surface area contributed by atoms with E-state index in [1.54, 1.807) is 12.1 Å². The SMILES string of the molecule is Cc1ccc(-c2ccccc2)c(C(=O)N2CC3CC(C2)CN(c2cnc4cc(Cl)c(Cl)cc4n2)C3)c1. The van der Waals surface area contributed by atoms with Crippen molar-refractivity contribution in [1.29, 1.82) is 0 Å². The van der Waals surface area contributed by atoms with Gasteiger partial charge in [-0.2, -0.15) is 0 Å². The van der Waals surface area contributed by atoms with Gasteiger partial charge in [-0.05, 0) is 54.5 Å². The highest BCUT2D eigenvalue weighted by molar-refractivity contribution is 6.42. The number of carbonyl (C=O) groups excluding carboxylic acids is 1. The maximum absolute atomic E-state index is 13.8. The fourth-order valence-corrected chi connectivity index (χ4v) is 5.97. The van der Waals surface area contributed by atoms with Crippen molar-refractivity contribution in [2.24, 2.45) is 11.8 Å². The first kappa shape index (κ1) is 23.3. The number of benzene rings is 3. The second-order valence-electron chi connectivity index (χ2n) is 9.98. The van der Waals surface area contributed by atoms with Crippen molar-refractivity contribution < 1.29 is 4.79 Å². The van der Waals surface area contributed by atoms with Crippen LogP contribution in [0.4, 0.5) is 5.82 Å². The van der Waals surface area contributed by atoms with Gasteiger partial charge in [0, 0.05) is 31.7 Å². The van der Waals surface area contributed by atoms with Crippen molar-refractivity contribution in [3.05, 3.63) is 88.0 Å². The largest absolute Gasteiger partial charge is 0.355 e. The molecule has 0 spiro atoms. The van der Waals surface area contributed by atoms with Gasteiger partial charge in [0.1, 0.15) is 5.82 Å². The Labute approximate surface area is 220 Å². The van der Waals surface area contributed by atoms with E-state index in [1.807, 2.05) is 37.4 Å². The van der Waals surface area contributed by atoms with Crippen LogP contribution in [0.5, 0.6) is 0 Å². The van der Waals surface area contributed by atoms with Gasteiger partial charge in [-0.1, -0.05) is 71.2 Å². The molecule has 6 rings (SSSR count). The molecule has 4 aromatic rings. The van der Waals surface area contributed by atoms with Crippen LogP contribution >= 0.6 is 23.2 Å². The first-order chi connectivity index (χ1) is 17.4. The molecule has 1 amide bonds. The Bertz CT molecular complexity index is 1440. The Morgan fingerprint density at radius 1 is 0.889 bits per heavy atom. The van der Waals surface area contributed by atoms with E-state index >= 15 is 0 Å². The summed E-state index contributed by atoms with van der Waals surface area (Å²) in [6.07, 6.45) is 2.94. The molecule has 0 saturated carbocycles. The third-order valence-corrected chi connectivity index (χ3v) is 7.98. The molecule has 2 bridgehead atoms. The number of hydrogen-bond donors (Lipinski definition) is 0. The minimum atomic E-state index is 0.123. The molecule has 7 heteroatoms. The van der Waals surface area contributed by atoms with Crippen molar-refractivity contribution in [3.63, 3.8) is 0 Å². The van der Waals surface area contributed by atoms with Crippen LogP contribution < -0.4 is 4.90 Å². The van der Waals surface area contributed by atoms with Crippen molar-refractivity contribution in [3.8, 4) is 11.1 Å². The van der Waals surface area contributed by atoms with Gasteiger partial charge in [0.25, 0.3) is 5.91 Å². The van der Waals surface area contributed by atoms with Gasteiger partial charge in [-0.15, -0.1) is 0 Å². The molecule has 0 N–H and O–H groups in total. The van der Waals surface area contributed by atoms with Crippen LogP contribution in [0.3, 0.4) is 0 Å². The van der Waals surface area contributed by atoms with Crippen molar-refractivity contribution in [2.45, 2.75) is 13.3 Å². The summed E-state index contributed by atoms with van der Waals surface area (Å²) >= 11 is 12.3. The molecule has 1 aromatic heterocycles. The number of carbonyl (C=O) groups is 1. The van der Waals surface area contributed by atoms with Gasteiger partial charge in [0.15, 0.2) is 0 Å². The highest BCUT2D eigenvalue weighted by Gasteiger charge is 2.37. The summed E-state index contributed by atoms with van der Waals surface area (Å²) in [5, 5.41) is 0.957. The first-order valence-electron chi connectivity index (χ1n) is 12.3. The smallest absolute Gasteiger partial charge is 0.254 e. The van der Waals surface area contributed by atoms with Gasteiger partial charge in [-0.3, -0.25) is 9.78 Å². The standard InChI is InChI=1S/C29H26Cl2N4O/c1-18-7-8-22(21-5-3-2-4-6-21)23(9-18)29(36)35-16-19-10-20(17-35)15-34(14-19)28-13-32-26-11-24(30)25(31)12-27(26)33-28/h2-9,11-13,19-20H,10,14-17H2,1H3. The normalized spacial score (nSPS) is 19.5. The Kier molecular flexibility index (Phi) is 6.06. The van der Waals surface area contributed by atoms with Crippen LogP contribution in [0, 0.1) is 18.8 Å². The van der Waals surface area contributed by atoms with E-state index in [0.29, 0.717) is 21.9 Å². The molecule has 3 heterocycles. The predicted molar refractivity (Wildman–Crippen MR) is 146 cm³/mol. The highest BCUT2D eigenvalue weighted by atomic mass is 35.5. The van der Waals surface area contributed by atoms with Crippen LogP contribution in [-0.2, 0) is 0 Å². The number of aryl methyl sites for hydroxylation is 1. The number of halogens is 2. The highest BCUT2D eigenvalue weighted by Crippen LogP contribution is 2.34. The lowest BCUT2D eigenvalue weighted by Gasteiger charge is -2.46. The molecule has 5 nitrogen and oxygen atoms in total. The molecular formula is C29H26Cl2N4O. The van der Waals surface area contributed by atoms with Crippen molar-refractivity contribution in [2.75, 3.05) is 31.1 Å². The lowest BCUT2D eigenvalue weighted by Crippen LogP contribution is -2.54. The van der Waals surface area contributed by atoms with Gasteiger partial charge in [-0.25, -0.2) is 4.98 Å². The molecule has 0 aliphatic carbocycles. The van der Waals surface area contributed by atoms with E-state index in [9.17, 15) is 4.79 Å². The molecule has 182 valence electrons. The summed E-state index contributed by atoms with van der Waals surface area (Å²) in [6.45, 7) is 5.23. The zero-order chi connectivity index (χ0) is 24.8. The number of amides is 1. The maximum atomic E-state index is 13.8. The molecule has 36 heavy (non-hydrogen) atoms. The monoisotopic (exact) mass is 516 g/mol. The Hall–Kier alpha value is -3.15. The molecule has 2 saturated heterocycles. The predicted octanol–water partition coefficient (Wildman–Crippen LogP) is 6.51. The van der Waals surface area contributed by atoms with Gasteiger partial charge < -0.3 is 9.80 Å². The zero-order valence-electron chi connectivity index (χ0n) is 20.0. The lowest BCUT2D eigenvalue weighted by atomic mass is 9.84. The molecular weight excluding hydrogens is 491 g/mol. The minimum absolute atomic E-state index is 0.123. The third kappa shape index (κ3) is 4.42. The summed E-state index contributed by atoms with van der Waals surface area (Å²) < 4.78 is 0. The molecule has 2 aliphatic rings. The van der Waals surface area contributed by atoms with E-state index < -0.39 is 0 Å². The van der Waals surface area contributed by atoms with Crippen LogP contribution in [-0.4, -0.2) is 47.0 Å². The van der Waals surface area contributed by atoms with Crippen molar-refractivity contribution >= 4 is 46.0 Å². The summed E-state index contributed by atoms with van der Waals surface area (Å²) in [5.41, 5.74) is 5.41. The molecule has 0 radical (unpaired) electrons. The summed E-state index contributed by atoms with van der Waals surface area (Å²) in [4.78, 5) is 27.6. The Balaban J connectivity index is 1.23. The quantitative estimate of drug-likeness (QED) is 0.311.